The molecule has 120 valence electrons. The minimum Gasteiger partial charge on any atom is -0.295 e. The zero-order chi connectivity index (χ0) is 16.8. The Labute approximate surface area is 145 Å². The molecule has 0 spiro atoms. The highest BCUT2D eigenvalue weighted by Crippen LogP contribution is 2.28. The van der Waals surface area contributed by atoms with E-state index in [9.17, 15) is 4.79 Å². The number of benzene rings is 1. The molecule has 0 radical (unpaired) electrons. The second-order valence-corrected chi connectivity index (χ2v) is 6.74. The summed E-state index contributed by atoms with van der Waals surface area (Å²) < 4.78 is 2.44. The summed E-state index contributed by atoms with van der Waals surface area (Å²) in [4.78, 5) is 25.2. The highest BCUT2D eigenvalue weighted by Gasteiger charge is 2.17. The molecule has 4 aromatic rings. The van der Waals surface area contributed by atoms with E-state index in [-0.39, 0.29) is 5.82 Å². The van der Waals surface area contributed by atoms with E-state index in [0.717, 1.165) is 21.6 Å². The molecule has 0 saturated heterocycles. The van der Waals surface area contributed by atoms with E-state index in [1.807, 2.05) is 32.0 Å². The van der Waals surface area contributed by atoms with Crippen LogP contribution in [0.15, 0.2) is 24.3 Å². The van der Waals surface area contributed by atoms with E-state index in [0.29, 0.717) is 15.9 Å². The minimum absolute atomic E-state index is 0.0495. The monoisotopic (exact) mass is 358 g/mol. The number of anilines is 1. The van der Waals surface area contributed by atoms with E-state index in [2.05, 4.69) is 25.4 Å². The molecule has 3 aromatic heterocycles. The van der Waals surface area contributed by atoms with Gasteiger partial charge in [0.05, 0.1) is 10.2 Å². The predicted octanol–water partition coefficient (Wildman–Crippen LogP) is 3.26. The fraction of sp³-hybridized carbons (Fsp3) is 0.133. The number of nitrogens with zero attached hydrogens (tertiary/aromatic N) is 5. The molecule has 4 rings (SSSR count). The number of halogens is 1. The molecule has 0 aliphatic carbocycles. The fourth-order valence-corrected chi connectivity index (χ4v) is 3.50. The number of thiazole rings is 1. The van der Waals surface area contributed by atoms with Crippen molar-refractivity contribution in [3.8, 4) is 0 Å². The maximum atomic E-state index is 12.4. The normalized spacial score (nSPS) is 11.3. The van der Waals surface area contributed by atoms with Crippen LogP contribution in [0.5, 0.6) is 0 Å². The van der Waals surface area contributed by atoms with Crippen LogP contribution in [0.3, 0.4) is 0 Å². The van der Waals surface area contributed by atoms with Crippen molar-refractivity contribution in [2.45, 2.75) is 13.8 Å². The van der Waals surface area contributed by atoms with Crippen molar-refractivity contribution in [3.63, 3.8) is 0 Å². The van der Waals surface area contributed by atoms with Crippen LogP contribution in [0.1, 0.15) is 22.0 Å². The molecule has 1 N–H and O–H groups in total. The third kappa shape index (κ3) is 2.59. The molecule has 0 bridgehead atoms. The molecule has 0 atom stereocenters. The Morgan fingerprint density at radius 1 is 1.21 bits per heavy atom. The summed E-state index contributed by atoms with van der Waals surface area (Å²) in [5.74, 6) is 0.0185. The van der Waals surface area contributed by atoms with Crippen LogP contribution in [-0.4, -0.2) is 30.5 Å². The van der Waals surface area contributed by atoms with Gasteiger partial charge in [-0.2, -0.15) is 4.98 Å². The zero-order valence-corrected chi connectivity index (χ0v) is 14.3. The van der Waals surface area contributed by atoms with Crippen LogP contribution in [0, 0.1) is 13.8 Å². The molecule has 3 heterocycles. The highest BCUT2D eigenvalue weighted by atomic mass is 35.5. The smallest absolute Gasteiger partial charge is 0.295 e. The third-order valence-corrected chi connectivity index (χ3v) is 4.56. The SMILES string of the molecule is Cc1cc(C)n2nc(C(=O)Nc3nc4ccc(Cl)cc4s3)nc2n1. The third-order valence-electron chi connectivity index (χ3n) is 3.39. The van der Waals surface area contributed by atoms with E-state index in [4.69, 9.17) is 11.6 Å². The van der Waals surface area contributed by atoms with E-state index in [1.54, 1.807) is 10.6 Å². The second-order valence-electron chi connectivity index (χ2n) is 5.27. The summed E-state index contributed by atoms with van der Waals surface area (Å²) in [5, 5.41) is 8.02. The van der Waals surface area contributed by atoms with Gasteiger partial charge in [0.15, 0.2) is 5.13 Å². The molecule has 1 amide bonds. The van der Waals surface area contributed by atoms with Crippen LogP contribution in [0.2, 0.25) is 5.02 Å². The maximum Gasteiger partial charge on any atom is 0.297 e. The topological polar surface area (TPSA) is 85.1 Å². The largest absolute Gasteiger partial charge is 0.297 e. The molecule has 0 aliphatic rings. The minimum atomic E-state index is -0.428. The fourth-order valence-electron chi connectivity index (χ4n) is 2.37. The van der Waals surface area contributed by atoms with Gasteiger partial charge in [-0.15, -0.1) is 5.10 Å². The van der Waals surface area contributed by atoms with Gasteiger partial charge in [0.2, 0.25) is 5.82 Å². The van der Waals surface area contributed by atoms with Gasteiger partial charge in [-0.05, 0) is 38.1 Å². The van der Waals surface area contributed by atoms with Gasteiger partial charge in [-0.1, -0.05) is 22.9 Å². The van der Waals surface area contributed by atoms with Gasteiger partial charge in [-0.3, -0.25) is 10.1 Å². The summed E-state index contributed by atoms with van der Waals surface area (Å²) >= 11 is 7.31. The van der Waals surface area contributed by atoms with Crippen molar-refractivity contribution in [2.75, 3.05) is 5.32 Å². The van der Waals surface area contributed by atoms with Crippen LogP contribution in [0.25, 0.3) is 16.0 Å². The molecule has 1 aromatic carbocycles. The summed E-state index contributed by atoms with van der Waals surface area (Å²) in [6.45, 7) is 3.75. The first-order valence-corrected chi connectivity index (χ1v) is 8.27. The zero-order valence-electron chi connectivity index (χ0n) is 12.7. The number of aryl methyl sites for hydroxylation is 2. The van der Waals surface area contributed by atoms with Crippen molar-refractivity contribution in [3.05, 3.63) is 46.5 Å². The molecular weight excluding hydrogens is 348 g/mol. The number of hydrogen-bond donors (Lipinski definition) is 1. The summed E-state index contributed by atoms with van der Waals surface area (Å²) in [5.41, 5.74) is 2.46. The van der Waals surface area contributed by atoms with Gasteiger partial charge < -0.3 is 0 Å². The van der Waals surface area contributed by atoms with E-state index in [1.165, 1.54) is 11.3 Å². The number of hydrogen-bond acceptors (Lipinski definition) is 6. The molecular formula is C15H11ClN6OS. The van der Waals surface area contributed by atoms with Crippen LogP contribution in [-0.2, 0) is 0 Å². The van der Waals surface area contributed by atoms with Gasteiger partial charge in [0, 0.05) is 16.4 Å². The Bertz CT molecular complexity index is 1100. The number of rotatable bonds is 2. The van der Waals surface area contributed by atoms with Crippen molar-refractivity contribution < 1.29 is 4.79 Å². The maximum absolute atomic E-state index is 12.4. The number of carbonyl (C=O) groups excluding carboxylic acids is 1. The average molecular weight is 359 g/mol. The van der Waals surface area contributed by atoms with Gasteiger partial charge in [0.1, 0.15) is 0 Å². The van der Waals surface area contributed by atoms with Gasteiger partial charge >= 0.3 is 0 Å². The van der Waals surface area contributed by atoms with Crippen LogP contribution < -0.4 is 5.32 Å². The van der Waals surface area contributed by atoms with Crippen molar-refractivity contribution in [1.82, 2.24) is 24.6 Å². The lowest BCUT2D eigenvalue weighted by Gasteiger charge is -1.97. The number of aromatic nitrogens is 5. The highest BCUT2D eigenvalue weighted by molar-refractivity contribution is 7.22. The quantitative estimate of drug-likeness (QED) is 0.594. The molecule has 0 fully saturated rings. The lowest BCUT2D eigenvalue weighted by molar-refractivity contribution is 0.101. The van der Waals surface area contributed by atoms with Crippen LogP contribution >= 0.6 is 22.9 Å². The lowest BCUT2D eigenvalue weighted by atomic mass is 10.3. The molecule has 0 aliphatic heterocycles. The summed E-state index contributed by atoms with van der Waals surface area (Å²) in [7, 11) is 0. The molecule has 9 heteroatoms. The van der Waals surface area contributed by atoms with E-state index < -0.39 is 5.91 Å². The molecule has 24 heavy (non-hydrogen) atoms. The number of carbonyl (C=O) groups is 1. The Morgan fingerprint density at radius 2 is 2.04 bits per heavy atom. The Balaban J connectivity index is 1.66. The number of nitrogens with one attached hydrogen (secondary N) is 1. The first kappa shape index (κ1) is 15.0. The number of amides is 1. The predicted molar refractivity (Wildman–Crippen MR) is 92.8 cm³/mol. The van der Waals surface area contributed by atoms with Crippen molar-refractivity contribution in [2.24, 2.45) is 0 Å². The summed E-state index contributed by atoms with van der Waals surface area (Å²) in [6, 6.07) is 7.25. The summed E-state index contributed by atoms with van der Waals surface area (Å²) in [6.07, 6.45) is 0. The van der Waals surface area contributed by atoms with Crippen molar-refractivity contribution >= 4 is 50.0 Å². The first-order chi connectivity index (χ1) is 11.5. The Hall–Kier alpha value is -2.58. The van der Waals surface area contributed by atoms with Gasteiger partial charge in [0.25, 0.3) is 11.7 Å². The second kappa shape index (κ2) is 5.50. The van der Waals surface area contributed by atoms with E-state index >= 15 is 0 Å². The van der Waals surface area contributed by atoms with Gasteiger partial charge in [-0.25, -0.2) is 14.5 Å². The molecule has 0 unspecified atom stereocenters. The molecule has 7 nitrogen and oxygen atoms in total. The standard InChI is InChI=1S/C15H11ClN6OS/c1-7-5-8(2)22-14(17-7)19-12(21-22)13(23)20-15-18-10-4-3-9(16)6-11(10)24-15/h3-6H,1-2H3,(H,18,20,23). The number of fused-ring (bicyclic) bond motifs is 2. The first-order valence-electron chi connectivity index (χ1n) is 7.08. The molecule has 0 saturated carbocycles. The van der Waals surface area contributed by atoms with Crippen molar-refractivity contribution in [1.29, 1.82) is 0 Å². The lowest BCUT2D eigenvalue weighted by Crippen LogP contribution is -2.13. The average Bonchev–Trinajstić information content (AvgIpc) is 3.10. The Morgan fingerprint density at radius 3 is 2.88 bits per heavy atom. The Kier molecular flexibility index (Phi) is 3.43. The van der Waals surface area contributed by atoms with Crippen LogP contribution in [0.4, 0.5) is 5.13 Å².